The molecule has 148 valence electrons. The van der Waals surface area contributed by atoms with Crippen LogP contribution in [-0.2, 0) is 6.54 Å². The average molecular weight is 531 g/mol. The number of halogens is 2. The van der Waals surface area contributed by atoms with E-state index in [4.69, 9.17) is 26.8 Å². The fourth-order valence-corrected chi connectivity index (χ4v) is 3.42. The van der Waals surface area contributed by atoms with E-state index in [2.05, 4.69) is 15.3 Å². The summed E-state index contributed by atoms with van der Waals surface area (Å²) in [5.74, 6) is 1.71. The van der Waals surface area contributed by atoms with Crippen LogP contribution in [0.25, 0.3) is 10.6 Å². The number of aliphatic imine (C=N–C) groups is 1. The van der Waals surface area contributed by atoms with Crippen molar-refractivity contribution in [2.45, 2.75) is 6.54 Å². The highest BCUT2D eigenvalue weighted by Crippen LogP contribution is 2.27. The molecule has 3 aromatic rings. The molecule has 0 radical (unpaired) electrons. The Bertz CT molecular complexity index is 947. The number of benzene rings is 2. The monoisotopic (exact) mass is 530 g/mol. The van der Waals surface area contributed by atoms with E-state index >= 15 is 0 Å². The van der Waals surface area contributed by atoms with Crippen molar-refractivity contribution in [1.82, 2.24) is 4.98 Å². The minimum Gasteiger partial charge on any atom is -0.497 e. The highest BCUT2D eigenvalue weighted by atomic mass is 127. The van der Waals surface area contributed by atoms with Gasteiger partial charge in [-0.15, -0.1) is 35.3 Å². The number of nitrogens with one attached hydrogen (secondary N) is 1. The predicted octanol–water partition coefficient (Wildman–Crippen LogP) is 5.03. The Morgan fingerprint density at radius 2 is 1.93 bits per heavy atom. The van der Waals surface area contributed by atoms with Crippen LogP contribution >= 0.6 is 46.9 Å². The minimum atomic E-state index is 0. The number of methoxy groups -OCH3 is 2. The number of aromatic nitrogens is 1. The third-order valence-electron chi connectivity index (χ3n) is 3.72. The van der Waals surface area contributed by atoms with Gasteiger partial charge in [0.25, 0.3) is 0 Å². The van der Waals surface area contributed by atoms with E-state index in [0.717, 1.165) is 27.7 Å². The fraction of sp³-hybridized carbons (Fsp3) is 0.158. The normalized spacial score (nSPS) is 10.9. The van der Waals surface area contributed by atoms with Crippen LogP contribution in [-0.4, -0.2) is 25.2 Å². The summed E-state index contributed by atoms with van der Waals surface area (Å²) in [6.45, 7) is 0.384. The van der Waals surface area contributed by atoms with Crippen LogP contribution in [0.3, 0.4) is 0 Å². The molecule has 0 atom stereocenters. The SMILES string of the molecule is COc1ccc(-c2nc(CN=C(N)Nc3ccc(OC)c(Cl)c3)cs2)cc1.I. The van der Waals surface area contributed by atoms with Gasteiger partial charge in [-0.05, 0) is 42.5 Å². The van der Waals surface area contributed by atoms with Gasteiger partial charge in [-0.2, -0.15) is 0 Å². The molecule has 28 heavy (non-hydrogen) atoms. The second-order valence-electron chi connectivity index (χ2n) is 5.55. The number of ether oxygens (including phenoxy) is 2. The molecule has 0 aliphatic rings. The van der Waals surface area contributed by atoms with E-state index in [9.17, 15) is 0 Å². The second kappa shape index (κ2) is 10.5. The number of guanidine groups is 1. The van der Waals surface area contributed by atoms with Crippen molar-refractivity contribution in [3.63, 3.8) is 0 Å². The number of thiazole rings is 1. The standard InChI is InChI=1S/C19H19ClN4O2S.HI/c1-25-15-6-3-12(4-7-15)18-23-14(11-27-18)10-22-19(21)24-13-5-8-17(26-2)16(20)9-13;/h3-9,11H,10H2,1-2H3,(H3,21,22,24);1H. The fourth-order valence-electron chi connectivity index (χ4n) is 2.34. The molecule has 0 aliphatic carbocycles. The topological polar surface area (TPSA) is 81.8 Å². The molecule has 1 heterocycles. The summed E-state index contributed by atoms with van der Waals surface area (Å²) in [5, 5.41) is 6.40. The van der Waals surface area contributed by atoms with Crippen molar-refractivity contribution in [1.29, 1.82) is 0 Å². The number of nitrogens with zero attached hydrogens (tertiary/aromatic N) is 2. The van der Waals surface area contributed by atoms with Crippen LogP contribution in [0.15, 0.2) is 52.8 Å². The zero-order valence-electron chi connectivity index (χ0n) is 15.3. The molecule has 1 aromatic heterocycles. The average Bonchev–Trinajstić information content (AvgIpc) is 3.16. The van der Waals surface area contributed by atoms with Crippen LogP contribution in [0.5, 0.6) is 11.5 Å². The maximum atomic E-state index is 6.10. The molecule has 0 amide bonds. The molecule has 0 spiro atoms. The molecule has 6 nitrogen and oxygen atoms in total. The molecule has 0 unspecified atom stereocenters. The van der Waals surface area contributed by atoms with Gasteiger partial charge in [-0.1, -0.05) is 11.6 Å². The first-order valence-corrected chi connectivity index (χ1v) is 9.34. The summed E-state index contributed by atoms with van der Waals surface area (Å²) in [7, 11) is 3.21. The summed E-state index contributed by atoms with van der Waals surface area (Å²) in [6, 6.07) is 13.1. The molecule has 0 aliphatic heterocycles. The Kier molecular flexibility index (Phi) is 8.34. The minimum absolute atomic E-state index is 0. The van der Waals surface area contributed by atoms with Crippen LogP contribution in [0, 0.1) is 0 Å². The first kappa shape index (κ1) is 22.3. The molecule has 0 bridgehead atoms. The molecule has 3 N–H and O–H groups in total. The molecule has 0 saturated heterocycles. The first-order valence-electron chi connectivity index (χ1n) is 8.08. The Balaban J connectivity index is 0.00000280. The Morgan fingerprint density at radius 3 is 2.57 bits per heavy atom. The molecular weight excluding hydrogens is 511 g/mol. The van der Waals surface area contributed by atoms with Crippen molar-refractivity contribution in [2.75, 3.05) is 19.5 Å². The van der Waals surface area contributed by atoms with Gasteiger partial charge in [0.2, 0.25) is 0 Å². The summed E-state index contributed by atoms with van der Waals surface area (Å²) in [5.41, 5.74) is 8.57. The number of hydrogen-bond donors (Lipinski definition) is 2. The van der Waals surface area contributed by atoms with Gasteiger partial charge >= 0.3 is 0 Å². The molecule has 3 rings (SSSR count). The van der Waals surface area contributed by atoms with Gasteiger partial charge in [0.05, 0.1) is 31.5 Å². The lowest BCUT2D eigenvalue weighted by atomic mass is 10.2. The summed E-state index contributed by atoms with van der Waals surface area (Å²) in [4.78, 5) is 8.93. The highest BCUT2D eigenvalue weighted by molar-refractivity contribution is 14.0. The summed E-state index contributed by atoms with van der Waals surface area (Å²) in [6.07, 6.45) is 0. The van der Waals surface area contributed by atoms with Gasteiger partial charge in [-0.25, -0.2) is 9.98 Å². The van der Waals surface area contributed by atoms with Crippen molar-refractivity contribution < 1.29 is 9.47 Å². The van der Waals surface area contributed by atoms with E-state index < -0.39 is 0 Å². The van der Waals surface area contributed by atoms with E-state index in [-0.39, 0.29) is 29.9 Å². The van der Waals surface area contributed by atoms with Gasteiger partial charge in [0.1, 0.15) is 16.5 Å². The largest absolute Gasteiger partial charge is 0.497 e. The van der Waals surface area contributed by atoms with Gasteiger partial charge in [0, 0.05) is 16.6 Å². The van der Waals surface area contributed by atoms with E-state index in [1.807, 2.05) is 35.7 Å². The zero-order chi connectivity index (χ0) is 19.2. The smallest absolute Gasteiger partial charge is 0.193 e. The maximum absolute atomic E-state index is 6.10. The lowest BCUT2D eigenvalue weighted by Crippen LogP contribution is -2.22. The number of hydrogen-bond acceptors (Lipinski definition) is 5. The lowest BCUT2D eigenvalue weighted by molar-refractivity contribution is 0.415. The van der Waals surface area contributed by atoms with Crippen molar-refractivity contribution in [3.05, 3.63) is 58.6 Å². The summed E-state index contributed by atoms with van der Waals surface area (Å²) < 4.78 is 10.3. The second-order valence-corrected chi connectivity index (χ2v) is 6.81. The van der Waals surface area contributed by atoms with E-state index in [1.54, 1.807) is 37.7 Å². The molecule has 0 fully saturated rings. The van der Waals surface area contributed by atoms with Gasteiger partial charge < -0.3 is 20.5 Å². The van der Waals surface area contributed by atoms with Gasteiger partial charge in [0.15, 0.2) is 5.96 Å². The molecule has 9 heteroatoms. The Morgan fingerprint density at radius 1 is 1.18 bits per heavy atom. The number of nitrogens with two attached hydrogens (primary N) is 1. The Labute approximate surface area is 189 Å². The molecule has 2 aromatic carbocycles. The highest BCUT2D eigenvalue weighted by Gasteiger charge is 2.06. The van der Waals surface area contributed by atoms with E-state index in [0.29, 0.717) is 17.3 Å². The maximum Gasteiger partial charge on any atom is 0.193 e. The van der Waals surface area contributed by atoms with Crippen molar-refractivity contribution >= 4 is 58.6 Å². The first-order chi connectivity index (χ1) is 13.1. The quantitative estimate of drug-likeness (QED) is 0.266. The predicted molar refractivity (Wildman–Crippen MR) is 126 cm³/mol. The van der Waals surface area contributed by atoms with E-state index in [1.165, 1.54) is 0 Å². The number of anilines is 1. The lowest BCUT2D eigenvalue weighted by Gasteiger charge is -2.08. The van der Waals surface area contributed by atoms with Crippen LogP contribution in [0.4, 0.5) is 5.69 Å². The van der Waals surface area contributed by atoms with Crippen LogP contribution in [0.2, 0.25) is 5.02 Å². The Hall–Kier alpha value is -2.04. The van der Waals surface area contributed by atoms with Crippen molar-refractivity contribution in [2.24, 2.45) is 10.7 Å². The van der Waals surface area contributed by atoms with Crippen LogP contribution in [0.1, 0.15) is 5.69 Å². The third-order valence-corrected chi connectivity index (χ3v) is 4.96. The molecule has 0 saturated carbocycles. The third kappa shape index (κ3) is 5.73. The van der Waals surface area contributed by atoms with Crippen molar-refractivity contribution in [3.8, 4) is 22.1 Å². The van der Waals surface area contributed by atoms with Gasteiger partial charge in [-0.3, -0.25) is 0 Å². The van der Waals surface area contributed by atoms with Crippen LogP contribution < -0.4 is 20.5 Å². The zero-order valence-corrected chi connectivity index (χ0v) is 19.2. The number of rotatable bonds is 6. The molecular formula is C19H20ClIN4O2S. The summed E-state index contributed by atoms with van der Waals surface area (Å²) >= 11 is 7.67.